The van der Waals surface area contributed by atoms with E-state index < -0.39 is 5.97 Å². The van der Waals surface area contributed by atoms with Gasteiger partial charge in [-0.15, -0.1) is 0 Å². The predicted octanol–water partition coefficient (Wildman–Crippen LogP) is 10.3. The summed E-state index contributed by atoms with van der Waals surface area (Å²) in [6.07, 6.45) is 18.1. The van der Waals surface area contributed by atoms with Crippen LogP contribution >= 0.6 is 31.9 Å². The van der Waals surface area contributed by atoms with Crippen LogP contribution in [0.2, 0.25) is 0 Å². The number of carboxylic acid groups (broad SMARTS) is 1. The van der Waals surface area contributed by atoms with Gasteiger partial charge in [-0.3, -0.25) is 24.0 Å². The molecule has 2 amide bonds. The topological polar surface area (TPSA) is 249 Å². The van der Waals surface area contributed by atoms with Crippen molar-refractivity contribution in [3.05, 3.63) is 156 Å². The number of benzene rings is 3. The van der Waals surface area contributed by atoms with E-state index >= 15 is 0 Å². The van der Waals surface area contributed by atoms with Gasteiger partial charge in [-0.2, -0.15) is 0 Å². The number of ether oxygens (including phenoxy) is 3. The normalized spacial score (nSPS) is 20.2. The standard InChI is InChI=1S/C25H27N3O3.C22H22BrN3O3.C12H12BrNO.C10H12N2O3/c29-22-15-20-19(16-4-5-16)13-17(14-21(20)25(22)6-2-7-25)27-24(30)18-3-1-8-26-23(18)28-9-11-31-12-10-28;23-18-12-14(11-17-16(18)13-19(27)22(17)4-2-5-22)25-21(28)15-3-1-6-24-20(15)26-7-9-29-10-8-26;13-10-5-7(14)4-9-8(10)6-11(15)12(9)2-1-3-12;13-10(14)8-2-1-3-11-9(8)12-4-6-15-7-5-12/h1,3,8,13-14,16H,2,4-7,9-12,15H2,(H,27,30);1,3,6,11-12H,2,4-5,7-10,13H2,(H,25,28);4-5H,1-3,6,14H2;1-3H,4-7H2,(H,13,14). The Morgan fingerprint density at radius 1 is 0.511 bits per heavy atom. The number of fused-ring (bicyclic) bond motifs is 6. The highest BCUT2D eigenvalue weighted by Crippen LogP contribution is 2.56. The molecule has 3 aromatic heterocycles. The lowest BCUT2D eigenvalue weighted by Gasteiger charge is -2.38. The fraction of sp³-hybridized carbons (Fsp3) is 0.435. The van der Waals surface area contributed by atoms with Crippen molar-refractivity contribution in [3.8, 4) is 0 Å². The molecule has 3 spiro atoms. The van der Waals surface area contributed by atoms with Crippen molar-refractivity contribution in [1.82, 2.24) is 15.0 Å². The number of pyridine rings is 3. The number of Topliss-reactive ketones (excluding diaryl/α,β-unsaturated/α-hetero) is 3. The van der Waals surface area contributed by atoms with E-state index in [1.165, 1.54) is 35.1 Å². The molecule has 4 saturated carbocycles. The van der Waals surface area contributed by atoms with Crippen LogP contribution in [0.4, 0.5) is 34.5 Å². The lowest BCUT2D eigenvalue weighted by molar-refractivity contribution is -0.126. The van der Waals surface area contributed by atoms with E-state index in [0.29, 0.717) is 143 Å². The van der Waals surface area contributed by atoms with E-state index in [4.69, 9.17) is 25.1 Å². The largest absolute Gasteiger partial charge is 0.478 e. The molecule has 3 aromatic carbocycles. The minimum Gasteiger partial charge on any atom is -0.478 e. The van der Waals surface area contributed by atoms with Crippen molar-refractivity contribution >= 4 is 102 Å². The number of rotatable bonds is 9. The van der Waals surface area contributed by atoms with Crippen molar-refractivity contribution in [2.45, 2.75) is 112 Å². The molecule has 90 heavy (non-hydrogen) atoms. The average Bonchev–Trinajstić information content (AvgIpc) is 1.58. The molecule has 21 heteroatoms. The zero-order valence-electron chi connectivity index (χ0n) is 50.3. The van der Waals surface area contributed by atoms with Crippen LogP contribution in [0.3, 0.4) is 0 Å². The number of hydrogen-bond acceptors (Lipinski definition) is 16. The van der Waals surface area contributed by atoms with Crippen LogP contribution in [-0.2, 0) is 64.1 Å². The van der Waals surface area contributed by atoms with Gasteiger partial charge < -0.3 is 50.4 Å². The van der Waals surface area contributed by atoms with E-state index in [9.17, 15) is 28.8 Å². The van der Waals surface area contributed by atoms with Gasteiger partial charge in [0.15, 0.2) is 0 Å². The predicted molar refractivity (Wildman–Crippen MR) is 349 cm³/mol. The lowest BCUT2D eigenvalue weighted by Crippen LogP contribution is -2.39. The van der Waals surface area contributed by atoms with Gasteiger partial charge >= 0.3 is 5.97 Å². The third-order valence-electron chi connectivity index (χ3n) is 20.0. The van der Waals surface area contributed by atoms with Gasteiger partial charge in [0.05, 0.1) is 67.0 Å². The molecule has 0 bridgehead atoms. The number of nitrogens with one attached hydrogen (secondary N) is 2. The number of nitrogen functional groups attached to an aromatic ring is 1. The number of hydrogen-bond donors (Lipinski definition) is 4. The van der Waals surface area contributed by atoms with Gasteiger partial charge in [-0.05, 0) is 169 Å². The maximum absolute atomic E-state index is 13.3. The van der Waals surface area contributed by atoms with E-state index in [-0.39, 0.29) is 33.6 Å². The van der Waals surface area contributed by atoms with Gasteiger partial charge in [0.1, 0.15) is 40.4 Å². The van der Waals surface area contributed by atoms with Gasteiger partial charge in [0, 0.05) is 103 Å². The number of carbonyl (C=O) groups excluding carboxylic acids is 5. The number of aromatic carboxylic acids is 1. The molecule has 10 aliphatic rings. The Balaban J connectivity index is 0.000000116. The second-order valence-corrected chi connectivity index (χ2v) is 26.8. The first-order valence-corrected chi connectivity index (χ1v) is 33.1. The molecular weight excluding hydrogens is 1270 g/mol. The summed E-state index contributed by atoms with van der Waals surface area (Å²) >= 11 is 7.11. The minimum absolute atomic E-state index is 0.150. The van der Waals surface area contributed by atoms with Crippen LogP contribution in [0.1, 0.15) is 147 Å². The molecule has 3 aliphatic heterocycles. The van der Waals surface area contributed by atoms with Gasteiger partial charge in [0.25, 0.3) is 11.8 Å². The smallest absolute Gasteiger partial charge is 0.339 e. The van der Waals surface area contributed by atoms with Crippen LogP contribution < -0.4 is 31.1 Å². The Morgan fingerprint density at radius 3 is 1.28 bits per heavy atom. The number of nitrogens with two attached hydrogens (primary N) is 1. The molecule has 6 aromatic rings. The molecule has 7 fully saturated rings. The number of morpholine rings is 3. The Labute approximate surface area is 539 Å². The third kappa shape index (κ3) is 11.7. The molecule has 0 radical (unpaired) electrons. The van der Waals surface area contributed by atoms with Crippen molar-refractivity contribution in [2.24, 2.45) is 0 Å². The Morgan fingerprint density at radius 2 is 0.878 bits per heavy atom. The number of anilines is 6. The Kier molecular flexibility index (Phi) is 17.5. The number of halogens is 2. The fourth-order valence-corrected chi connectivity index (χ4v) is 15.8. The number of carbonyl (C=O) groups is 6. The van der Waals surface area contributed by atoms with E-state index in [2.05, 4.69) is 79.4 Å². The van der Waals surface area contributed by atoms with Crippen molar-refractivity contribution in [3.63, 3.8) is 0 Å². The number of amides is 2. The molecule has 468 valence electrons. The number of ketones is 3. The highest BCUT2D eigenvalue weighted by Gasteiger charge is 2.53. The number of carboxylic acids is 1. The molecule has 0 atom stereocenters. The zero-order valence-corrected chi connectivity index (χ0v) is 53.4. The number of aromatic nitrogens is 3. The zero-order chi connectivity index (χ0) is 62.3. The minimum atomic E-state index is -0.940. The molecule has 16 rings (SSSR count). The molecular formula is C69H73Br2N9O10. The summed E-state index contributed by atoms with van der Waals surface area (Å²) in [4.78, 5) is 94.1. The quantitative estimate of drug-likeness (QED) is 0.0983. The Bertz CT molecular complexity index is 3830. The van der Waals surface area contributed by atoms with Crippen LogP contribution in [0.25, 0.3) is 0 Å². The molecule has 5 N–H and O–H groups in total. The summed E-state index contributed by atoms with van der Waals surface area (Å²) in [7, 11) is 0. The maximum atomic E-state index is 13.3. The van der Waals surface area contributed by atoms with E-state index in [1.807, 2.05) is 35.2 Å². The second kappa shape index (κ2) is 25.7. The van der Waals surface area contributed by atoms with Crippen LogP contribution in [0.15, 0.2) is 100 Å². The molecule has 0 unspecified atom stereocenters. The monoisotopic (exact) mass is 1350 g/mol. The van der Waals surface area contributed by atoms with Crippen molar-refractivity contribution < 1.29 is 48.1 Å². The van der Waals surface area contributed by atoms with Crippen molar-refractivity contribution in [2.75, 3.05) is 110 Å². The highest BCUT2D eigenvalue weighted by molar-refractivity contribution is 9.10. The average molecular weight is 1350 g/mol. The van der Waals surface area contributed by atoms with E-state index in [1.54, 1.807) is 48.9 Å². The lowest BCUT2D eigenvalue weighted by atomic mass is 9.64. The molecule has 19 nitrogen and oxygen atoms in total. The Hall–Kier alpha value is -7.43. The SMILES string of the molecule is Nc1cc(Br)c2c(c1)C1(CCC1)C(=O)C2.O=C(Nc1cc(Br)c2c(c1)C1(CCC1)C(=O)C2)c1cccnc1N1CCOCC1.O=C(Nc1cc(C2CC2)c2c(c1)C1(CCC1)C(=O)C2)c1cccnc1N1CCOCC1.O=C(O)c1cccnc1N1CCOCC1. The summed E-state index contributed by atoms with van der Waals surface area (Å²) in [5, 5.41) is 15.2. The summed E-state index contributed by atoms with van der Waals surface area (Å²) in [5.41, 5.74) is 16.9. The summed E-state index contributed by atoms with van der Waals surface area (Å²) in [6.45, 7) is 8.06. The number of nitrogens with zero attached hydrogens (tertiary/aromatic N) is 6. The van der Waals surface area contributed by atoms with Crippen molar-refractivity contribution in [1.29, 1.82) is 0 Å². The van der Waals surface area contributed by atoms with Gasteiger partial charge in [0.2, 0.25) is 0 Å². The first-order valence-electron chi connectivity index (χ1n) is 31.5. The first-order chi connectivity index (χ1) is 43.7. The van der Waals surface area contributed by atoms with E-state index in [0.717, 1.165) is 108 Å². The molecule has 6 heterocycles. The van der Waals surface area contributed by atoms with Crippen LogP contribution in [-0.4, -0.2) is 134 Å². The summed E-state index contributed by atoms with van der Waals surface area (Å²) in [5.74, 6) is 2.24. The van der Waals surface area contributed by atoms with Crippen LogP contribution in [0.5, 0.6) is 0 Å². The summed E-state index contributed by atoms with van der Waals surface area (Å²) < 4.78 is 18.0. The maximum Gasteiger partial charge on any atom is 0.339 e. The summed E-state index contributed by atoms with van der Waals surface area (Å²) in [6, 6.07) is 22.4. The molecule has 3 saturated heterocycles. The van der Waals surface area contributed by atoms with Gasteiger partial charge in [-0.25, -0.2) is 19.7 Å². The second-order valence-electron chi connectivity index (χ2n) is 25.1. The molecule has 7 aliphatic carbocycles. The highest BCUT2D eigenvalue weighted by atomic mass is 79.9. The van der Waals surface area contributed by atoms with Gasteiger partial charge in [-0.1, -0.05) is 51.1 Å². The first kappa shape index (κ1) is 61.4. The van der Waals surface area contributed by atoms with Crippen LogP contribution in [0, 0.1) is 0 Å². The fourth-order valence-electron chi connectivity index (χ4n) is 14.6. The third-order valence-corrected chi connectivity index (χ3v) is 21.4.